The number of esters is 1. The van der Waals surface area contributed by atoms with Crippen LogP contribution in [0.25, 0.3) is 22.1 Å². The molecule has 0 fully saturated rings. The molecule has 3 aromatic carbocycles. The number of para-hydroxylation sites is 2. The molecule has 0 amide bonds. The zero-order chi connectivity index (χ0) is 25.9. The standard InChI is InChI=1S/C29H30N6O2.ClH/c1-3-37-28(36)15-14-24(35-18-32-22-6-4-5-7-26(22)35)21-12-13-25-23(17-21)33-27(34(25)2)16-19-8-10-20(11-9-19)29(30)31;/h4-13,17-18,24H,3,14-16H2,1-2H3,(H3,30,31);1H. The highest BCUT2D eigenvalue weighted by atomic mass is 35.5. The predicted molar refractivity (Wildman–Crippen MR) is 152 cm³/mol. The summed E-state index contributed by atoms with van der Waals surface area (Å²) in [6.45, 7) is 2.20. The summed E-state index contributed by atoms with van der Waals surface area (Å²) in [5, 5.41) is 7.59. The Bertz CT molecular complexity index is 1590. The Balaban J connectivity index is 0.00000336. The predicted octanol–water partition coefficient (Wildman–Crippen LogP) is 5.15. The second-order valence-electron chi connectivity index (χ2n) is 9.12. The molecule has 2 aromatic heterocycles. The van der Waals surface area contributed by atoms with Gasteiger partial charge in [-0.1, -0.05) is 42.5 Å². The number of nitrogens with two attached hydrogens (primary N) is 1. The van der Waals surface area contributed by atoms with Crippen LogP contribution in [0.2, 0.25) is 0 Å². The molecule has 9 heteroatoms. The lowest BCUT2D eigenvalue weighted by molar-refractivity contribution is -0.143. The summed E-state index contributed by atoms with van der Waals surface area (Å²) < 4.78 is 9.45. The first-order valence-corrected chi connectivity index (χ1v) is 12.4. The molecule has 1 unspecified atom stereocenters. The maximum absolute atomic E-state index is 12.2. The number of imidazole rings is 2. The van der Waals surface area contributed by atoms with E-state index < -0.39 is 0 Å². The molecule has 196 valence electrons. The van der Waals surface area contributed by atoms with Crippen LogP contribution >= 0.6 is 12.4 Å². The van der Waals surface area contributed by atoms with E-state index in [9.17, 15) is 4.79 Å². The number of aryl methyl sites for hydroxylation is 1. The number of carbonyl (C=O) groups excluding carboxylic acids is 1. The molecule has 0 aliphatic carbocycles. The number of aromatic nitrogens is 4. The van der Waals surface area contributed by atoms with E-state index in [1.54, 1.807) is 0 Å². The lowest BCUT2D eigenvalue weighted by atomic mass is 10.0. The molecule has 38 heavy (non-hydrogen) atoms. The first-order chi connectivity index (χ1) is 17.9. The quantitative estimate of drug-likeness (QED) is 0.155. The molecule has 0 aliphatic heterocycles. The SMILES string of the molecule is CCOC(=O)CCC(c1ccc2c(c1)nc(Cc1ccc(C(=N)N)cc1)n2C)n1cnc2ccccc21.Cl. The highest BCUT2D eigenvalue weighted by molar-refractivity contribution is 5.94. The summed E-state index contributed by atoms with van der Waals surface area (Å²) in [4.78, 5) is 21.8. The molecule has 0 aliphatic rings. The van der Waals surface area contributed by atoms with Gasteiger partial charge in [0.25, 0.3) is 0 Å². The Labute approximate surface area is 227 Å². The summed E-state index contributed by atoms with van der Waals surface area (Å²) in [7, 11) is 2.02. The number of fused-ring (bicyclic) bond motifs is 2. The van der Waals surface area contributed by atoms with E-state index >= 15 is 0 Å². The summed E-state index contributed by atoms with van der Waals surface area (Å²) in [6.07, 6.45) is 3.41. The van der Waals surface area contributed by atoms with Gasteiger partial charge in [-0.05, 0) is 48.7 Å². The molecule has 0 radical (unpaired) electrons. The maximum atomic E-state index is 12.2. The number of amidine groups is 1. The van der Waals surface area contributed by atoms with Gasteiger partial charge in [-0.15, -0.1) is 12.4 Å². The van der Waals surface area contributed by atoms with Crippen molar-refractivity contribution < 1.29 is 9.53 Å². The minimum absolute atomic E-state index is 0. The molecule has 5 rings (SSSR count). The molecule has 0 bridgehead atoms. The molecule has 5 aromatic rings. The van der Waals surface area contributed by atoms with Gasteiger partial charge >= 0.3 is 5.97 Å². The average Bonchev–Trinajstić information content (AvgIpc) is 3.46. The summed E-state index contributed by atoms with van der Waals surface area (Å²) in [5.41, 5.74) is 12.3. The third-order valence-corrected chi connectivity index (χ3v) is 6.75. The molecular weight excluding hydrogens is 500 g/mol. The van der Waals surface area contributed by atoms with Crippen LogP contribution in [0.1, 0.15) is 48.3 Å². The molecule has 1 atom stereocenters. The number of benzene rings is 3. The van der Waals surface area contributed by atoms with E-state index in [1.165, 1.54) is 0 Å². The number of hydrogen-bond acceptors (Lipinski definition) is 5. The van der Waals surface area contributed by atoms with Crippen LogP contribution in [0.5, 0.6) is 0 Å². The van der Waals surface area contributed by atoms with Crippen LogP contribution in [0.15, 0.2) is 73.1 Å². The second-order valence-corrected chi connectivity index (χ2v) is 9.12. The molecule has 3 N–H and O–H groups in total. The van der Waals surface area contributed by atoms with E-state index in [1.807, 2.05) is 62.8 Å². The first-order valence-electron chi connectivity index (χ1n) is 12.4. The Hall–Kier alpha value is -4.17. The zero-order valence-electron chi connectivity index (χ0n) is 21.4. The monoisotopic (exact) mass is 530 g/mol. The smallest absolute Gasteiger partial charge is 0.305 e. The van der Waals surface area contributed by atoms with Crippen molar-refractivity contribution in [2.75, 3.05) is 6.61 Å². The van der Waals surface area contributed by atoms with E-state index in [-0.39, 0.29) is 30.3 Å². The number of carbonyl (C=O) groups is 1. The van der Waals surface area contributed by atoms with Crippen molar-refractivity contribution in [1.82, 2.24) is 19.1 Å². The summed E-state index contributed by atoms with van der Waals surface area (Å²) >= 11 is 0. The van der Waals surface area contributed by atoms with Crippen LogP contribution in [0, 0.1) is 5.41 Å². The van der Waals surface area contributed by atoms with Crippen molar-refractivity contribution >= 4 is 46.3 Å². The topological polar surface area (TPSA) is 112 Å². The molecule has 2 heterocycles. The fourth-order valence-electron chi connectivity index (χ4n) is 4.80. The van der Waals surface area contributed by atoms with Gasteiger partial charge in [0.1, 0.15) is 11.7 Å². The van der Waals surface area contributed by atoms with Crippen LogP contribution in [0.4, 0.5) is 0 Å². The van der Waals surface area contributed by atoms with Crippen molar-refractivity contribution in [2.24, 2.45) is 12.8 Å². The summed E-state index contributed by atoms with van der Waals surface area (Å²) in [6, 6.07) is 21.9. The molecule has 0 saturated heterocycles. The number of nitrogen functional groups attached to an aromatic ring is 1. The highest BCUT2D eigenvalue weighted by Crippen LogP contribution is 2.30. The second kappa shape index (κ2) is 11.5. The van der Waals surface area contributed by atoms with Gasteiger partial charge in [-0.3, -0.25) is 10.2 Å². The van der Waals surface area contributed by atoms with E-state index in [0.717, 1.165) is 39.0 Å². The van der Waals surface area contributed by atoms with Gasteiger partial charge in [0.15, 0.2) is 0 Å². The van der Waals surface area contributed by atoms with E-state index in [2.05, 4.69) is 38.4 Å². The van der Waals surface area contributed by atoms with Crippen molar-refractivity contribution in [1.29, 1.82) is 5.41 Å². The van der Waals surface area contributed by atoms with Crippen LogP contribution in [-0.4, -0.2) is 37.5 Å². The van der Waals surface area contributed by atoms with E-state index in [4.69, 9.17) is 20.9 Å². The number of halogens is 1. The minimum atomic E-state index is -0.200. The lowest BCUT2D eigenvalue weighted by Gasteiger charge is -2.20. The number of rotatable bonds is 9. The van der Waals surface area contributed by atoms with Crippen molar-refractivity contribution in [2.45, 2.75) is 32.2 Å². The number of nitrogens with zero attached hydrogens (tertiary/aromatic N) is 4. The van der Waals surface area contributed by atoms with Gasteiger partial charge in [0.2, 0.25) is 0 Å². The van der Waals surface area contributed by atoms with Gasteiger partial charge < -0.3 is 19.6 Å². The fraction of sp³-hybridized carbons (Fsp3) is 0.241. The van der Waals surface area contributed by atoms with Crippen LogP contribution in [-0.2, 0) is 23.0 Å². The highest BCUT2D eigenvalue weighted by Gasteiger charge is 2.20. The van der Waals surface area contributed by atoms with Crippen molar-refractivity contribution in [3.63, 3.8) is 0 Å². The van der Waals surface area contributed by atoms with Crippen molar-refractivity contribution in [3.8, 4) is 0 Å². The molecule has 8 nitrogen and oxygen atoms in total. The maximum Gasteiger partial charge on any atom is 0.305 e. The van der Waals surface area contributed by atoms with Crippen molar-refractivity contribution in [3.05, 3.63) is 95.6 Å². The van der Waals surface area contributed by atoms with E-state index in [0.29, 0.717) is 31.4 Å². The van der Waals surface area contributed by atoms with Gasteiger partial charge in [0, 0.05) is 25.5 Å². The normalized spacial score (nSPS) is 11.8. The number of nitrogens with one attached hydrogen (secondary N) is 1. The van der Waals surface area contributed by atoms with Gasteiger partial charge in [-0.25, -0.2) is 9.97 Å². The number of hydrogen-bond donors (Lipinski definition) is 2. The first kappa shape index (κ1) is 26.9. The molecule has 0 saturated carbocycles. The fourth-order valence-corrected chi connectivity index (χ4v) is 4.80. The van der Waals surface area contributed by atoms with Crippen LogP contribution in [0.3, 0.4) is 0 Å². The number of ether oxygens (including phenoxy) is 1. The largest absolute Gasteiger partial charge is 0.466 e. The minimum Gasteiger partial charge on any atom is -0.466 e. The molecular formula is C29H31ClN6O2. The third-order valence-electron chi connectivity index (χ3n) is 6.75. The Morgan fingerprint density at radius 1 is 1.05 bits per heavy atom. The Kier molecular flexibility index (Phi) is 8.12. The lowest BCUT2D eigenvalue weighted by Crippen LogP contribution is -2.13. The van der Waals surface area contributed by atoms with Gasteiger partial charge in [0.05, 0.1) is 41.0 Å². The van der Waals surface area contributed by atoms with Crippen LogP contribution < -0.4 is 5.73 Å². The Morgan fingerprint density at radius 2 is 1.82 bits per heavy atom. The third kappa shape index (κ3) is 5.40. The zero-order valence-corrected chi connectivity index (χ0v) is 22.2. The average molecular weight is 531 g/mol. The van der Waals surface area contributed by atoms with Gasteiger partial charge in [-0.2, -0.15) is 0 Å². The Morgan fingerprint density at radius 3 is 2.55 bits per heavy atom. The molecule has 0 spiro atoms. The summed E-state index contributed by atoms with van der Waals surface area (Å²) in [5.74, 6) is 0.804.